The largest absolute Gasteiger partial charge is 0.370 e. The Balaban J connectivity index is 2.01. The van der Waals surface area contributed by atoms with Gasteiger partial charge >= 0.3 is 0 Å². The molecule has 0 atom stereocenters. The van der Waals surface area contributed by atoms with Crippen molar-refractivity contribution >= 4 is 11.6 Å². The molecule has 6 nitrogen and oxygen atoms in total. The molecule has 2 N–H and O–H groups in total. The van der Waals surface area contributed by atoms with Gasteiger partial charge in [-0.05, 0) is 19.4 Å². The van der Waals surface area contributed by atoms with E-state index >= 15 is 0 Å². The number of hydrogen-bond acceptors (Lipinski definition) is 5. The van der Waals surface area contributed by atoms with Gasteiger partial charge in [0.1, 0.15) is 17.5 Å². The lowest BCUT2D eigenvalue weighted by molar-refractivity contribution is 0.746. The van der Waals surface area contributed by atoms with Crippen LogP contribution in [0.5, 0.6) is 0 Å². The molecule has 2 aromatic heterocycles. The first kappa shape index (κ1) is 13.3. The molecule has 0 aliphatic rings. The highest BCUT2D eigenvalue weighted by Gasteiger charge is 2.02. The summed E-state index contributed by atoms with van der Waals surface area (Å²) in [6.45, 7) is 5.59. The van der Waals surface area contributed by atoms with Gasteiger partial charge in [0.05, 0.1) is 12.2 Å². The molecule has 2 rings (SSSR count). The van der Waals surface area contributed by atoms with Crippen LogP contribution in [0.4, 0.5) is 11.6 Å². The van der Waals surface area contributed by atoms with Gasteiger partial charge in [0.25, 0.3) is 0 Å². The maximum absolute atomic E-state index is 4.37. The number of aromatic nitrogens is 4. The smallest absolute Gasteiger partial charge is 0.132 e. The molecule has 2 heterocycles. The minimum atomic E-state index is 0.657. The van der Waals surface area contributed by atoms with Crippen molar-refractivity contribution in [2.75, 3.05) is 17.2 Å². The molecule has 102 valence electrons. The molecule has 0 aliphatic carbocycles. The predicted octanol–water partition coefficient (Wildman–Crippen LogP) is 1.95. The number of aryl methyl sites for hydroxylation is 2. The van der Waals surface area contributed by atoms with Gasteiger partial charge in [0, 0.05) is 25.9 Å². The number of rotatable bonds is 6. The molecule has 0 radical (unpaired) electrons. The second kappa shape index (κ2) is 6.17. The second-order valence-corrected chi connectivity index (χ2v) is 4.45. The average molecular weight is 260 g/mol. The standard InChI is InChI=1S/C13H20N6/c1-4-6-14-12-8-13(17-10(2)16-12)15-9-11-5-7-19(3)18-11/h5,7-8H,4,6,9H2,1-3H3,(H2,14,15,16,17). The quantitative estimate of drug-likeness (QED) is 0.831. The van der Waals surface area contributed by atoms with E-state index in [2.05, 4.69) is 32.6 Å². The van der Waals surface area contributed by atoms with Gasteiger partial charge in [-0.3, -0.25) is 4.68 Å². The van der Waals surface area contributed by atoms with E-state index in [0.29, 0.717) is 6.54 Å². The Morgan fingerprint density at radius 1 is 1.21 bits per heavy atom. The molecular weight excluding hydrogens is 240 g/mol. The molecular formula is C13H20N6. The van der Waals surface area contributed by atoms with Crippen LogP contribution in [0.2, 0.25) is 0 Å². The maximum Gasteiger partial charge on any atom is 0.132 e. The van der Waals surface area contributed by atoms with Crippen LogP contribution in [0, 0.1) is 6.92 Å². The SMILES string of the molecule is CCCNc1cc(NCc2ccn(C)n2)nc(C)n1. The van der Waals surface area contributed by atoms with Crippen LogP contribution < -0.4 is 10.6 Å². The molecule has 2 aromatic rings. The van der Waals surface area contributed by atoms with Crippen LogP contribution in [-0.2, 0) is 13.6 Å². The molecule has 0 spiro atoms. The van der Waals surface area contributed by atoms with Gasteiger partial charge < -0.3 is 10.6 Å². The third-order valence-electron chi connectivity index (χ3n) is 2.61. The topological polar surface area (TPSA) is 67.7 Å². The maximum atomic E-state index is 4.37. The molecule has 0 bridgehead atoms. The van der Waals surface area contributed by atoms with Crippen molar-refractivity contribution in [3.63, 3.8) is 0 Å². The fraction of sp³-hybridized carbons (Fsp3) is 0.462. The third kappa shape index (κ3) is 3.94. The van der Waals surface area contributed by atoms with Gasteiger partial charge in [-0.25, -0.2) is 9.97 Å². The van der Waals surface area contributed by atoms with Crippen molar-refractivity contribution < 1.29 is 0 Å². The van der Waals surface area contributed by atoms with E-state index in [9.17, 15) is 0 Å². The van der Waals surface area contributed by atoms with E-state index in [1.54, 1.807) is 4.68 Å². The minimum absolute atomic E-state index is 0.657. The van der Waals surface area contributed by atoms with Gasteiger partial charge in [-0.1, -0.05) is 6.92 Å². The lowest BCUT2D eigenvalue weighted by atomic mass is 10.4. The molecule has 0 saturated carbocycles. The Bertz CT molecular complexity index is 534. The Morgan fingerprint density at radius 2 is 1.95 bits per heavy atom. The summed E-state index contributed by atoms with van der Waals surface area (Å²) >= 11 is 0. The molecule has 6 heteroatoms. The van der Waals surface area contributed by atoms with E-state index < -0.39 is 0 Å². The van der Waals surface area contributed by atoms with Crippen LogP contribution in [0.15, 0.2) is 18.3 Å². The zero-order chi connectivity index (χ0) is 13.7. The fourth-order valence-corrected chi connectivity index (χ4v) is 1.74. The Hall–Kier alpha value is -2.11. The van der Waals surface area contributed by atoms with Gasteiger partial charge in [0.2, 0.25) is 0 Å². The molecule has 0 fully saturated rings. The van der Waals surface area contributed by atoms with E-state index in [1.165, 1.54) is 0 Å². The molecule has 0 aromatic carbocycles. The number of nitrogens with one attached hydrogen (secondary N) is 2. The Labute approximate surface area is 113 Å². The summed E-state index contributed by atoms with van der Waals surface area (Å²) in [4.78, 5) is 8.72. The first-order chi connectivity index (χ1) is 9.17. The van der Waals surface area contributed by atoms with Crippen LogP contribution in [0.25, 0.3) is 0 Å². The van der Waals surface area contributed by atoms with Crippen molar-refractivity contribution in [3.8, 4) is 0 Å². The summed E-state index contributed by atoms with van der Waals surface area (Å²) in [5, 5.41) is 10.8. The summed E-state index contributed by atoms with van der Waals surface area (Å²) in [6.07, 6.45) is 3.00. The van der Waals surface area contributed by atoms with Crippen molar-refractivity contribution in [2.45, 2.75) is 26.8 Å². The van der Waals surface area contributed by atoms with E-state index in [0.717, 1.165) is 36.1 Å². The van der Waals surface area contributed by atoms with Crippen molar-refractivity contribution in [3.05, 3.63) is 29.8 Å². The molecule has 0 saturated heterocycles. The van der Waals surface area contributed by atoms with Crippen LogP contribution >= 0.6 is 0 Å². The lowest BCUT2D eigenvalue weighted by Gasteiger charge is -2.08. The first-order valence-corrected chi connectivity index (χ1v) is 6.49. The fourth-order valence-electron chi connectivity index (χ4n) is 1.74. The molecule has 0 amide bonds. The van der Waals surface area contributed by atoms with Gasteiger partial charge in [-0.2, -0.15) is 5.10 Å². The summed E-state index contributed by atoms with van der Waals surface area (Å²) < 4.78 is 1.79. The van der Waals surface area contributed by atoms with Gasteiger partial charge in [-0.15, -0.1) is 0 Å². The van der Waals surface area contributed by atoms with E-state index in [4.69, 9.17) is 0 Å². The monoisotopic (exact) mass is 260 g/mol. The number of hydrogen-bond donors (Lipinski definition) is 2. The number of anilines is 2. The highest BCUT2D eigenvalue weighted by atomic mass is 15.3. The van der Waals surface area contributed by atoms with Crippen molar-refractivity contribution in [2.24, 2.45) is 7.05 Å². The van der Waals surface area contributed by atoms with Crippen LogP contribution in [-0.4, -0.2) is 26.3 Å². The predicted molar refractivity (Wildman–Crippen MR) is 76.1 cm³/mol. The molecule has 0 aliphatic heterocycles. The van der Waals surface area contributed by atoms with E-state index in [-0.39, 0.29) is 0 Å². The highest BCUT2D eigenvalue weighted by molar-refractivity contribution is 5.47. The summed E-state index contributed by atoms with van der Waals surface area (Å²) in [6, 6.07) is 3.91. The Morgan fingerprint density at radius 3 is 2.58 bits per heavy atom. The Kier molecular flexibility index (Phi) is 4.33. The second-order valence-electron chi connectivity index (χ2n) is 4.45. The zero-order valence-electron chi connectivity index (χ0n) is 11.6. The summed E-state index contributed by atoms with van der Waals surface area (Å²) in [5.41, 5.74) is 0.988. The summed E-state index contributed by atoms with van der Waals surface area (Å²) in [5.74, 6) is 2.43. The lowest BCUT2D eigenvalue weighted by Crippen LogP contribution is -2.08. The zero-order valence-corrected chi connectivity index (χ0v) is 11.6. The first-order valence-electron chi connectivity index (χ1n) is 6.49. The summed E-state index contributed by atoms with van der Waals surface area (Å²) in [7, 11) is 1.91. The van der Waals surface area contributed by atoms with E-state index in [1.807, 2.05) is 32.3 Å². The van der Waals surface area contributed by atoms with Gasteiger partial charge in [0.15, 0.2) is 0 Å². The average Bonchev–Trinajstić information content (AvgIpc) is 2.79. The minimum Gasteiger partial charge on any atom is -0.370 e. The normalized spacial score (nSPS) is 10.5. The molecule has 0 unspecified atom stereocenters. The van der Waals surface area contributed by atoms with Crippen molar-refractivity contribution in [1.82, 2.24) is 19.7 Å². The van der Waals surface area contributed by atoms with Crippen LogP contribution in [0.3, 0.4) is 0 Å². The number of nitrogens with zero attached hydrogens (tertiary/aromatic N) is 4. The highest BCUT2D eigenvalue weighted by Crippen LogP contribution is 2.12. The van der Waals surface area contributed by atoms with Crippen LogP contribution in [0.1, 0.15) is 24.9 Å². The molecule has 19 heavy (non-hydrogen) atoms. The van der Waals surface area contributed by atoms with Crippen molar-refractivity contribution in [1.29, 1.82) is 0 Å². The third-order valence-corrected chi connectivity index (χ3v) is 2.61.